The van der Waals surface area contributed by atoms with Crippen LogP contribution in [0.3, 0.4) is 0 Å². The molecule has 0 fully saturated rings. The molecule has 0 radical (unpaired) electrons. The maximum absolute atomic E-state index is 10.9. The second kappa shape index (κ2) is 8.04. The number of hydrogen-bond acceptors (Lipinski definition) is 4. The van der Waals surface area contributed by atoms with Crippen LogP contribution in [-0.2, 0) is 9.84 Å². The first kappa shape index (κ1) is 15.8. The summed E-state index contributed by atoms with van der Waals surface area (Å²) < 4.78 is 21.9. The number of sulfone groups is 1. The number of hydrogen-bond donors (Lipinski definition) is 2. The van der Waals surface area contributed by atoms with Crippen molar-refractivity contribution in [2.75, 3.05) is 29.6 Å². The average Bonchev–Trinajstić information content (AvgIpc) is 2.33. The van der Waals surface area contributed by atoms with E-state index in [1.165, 1.54) is 6.26 Å². The zero-order chi connectivity index (χ0) is 14.1. The molecule has 3 N–H and O–H groups in total. The third kappa shape index (κ3) is 8.48. The Kier molecular flexibility index (Phi) is 6.70. The lowest BCUT2D eigenvalue weighted by molar-refractivity contribution is 0.591. The maximum atomic E-state index is 10.9. The van der Waals surface area contributed by atoms with E-state index in [4.69, 9.17) is 5.73 Å². The Morgan fingerprint density at radius 1 is 1.00 bits per heavy atom. The van der Waals surface area contributed by atoms with Gasteiger partial charge in [-0.25, -0.2) is 8.42 Å². The third-order valence-corrected chi connectivity index (χ3v) is 3.96. The van der Waals surface area contributed by atoms with Crippen molar-refractivity contribution in [3.05, 3.63) is 24.3 Å². The summed E-state index contributed by atoms with van der Waals surface area (Å²) in [5, 5.41) is 3.34. The Balaban J connectivity index is 1.98. The fraction of sp³-hybridized carbons (Fsp3) is 0.571. The Hall–Kier alpha value is -1.23. The smallest absolute Gasteiger partial charge is 0.147 e. The van der Waals surface area contributed by atoms with E-state index in [0.29, 0.717) is 5.75 Å². The molecule has 0 aromatic heterocycles. The van der Waals surface area contributed by atoms with Gasteiger partial charge in [-0.15, -0.1) is 0 Å². The van der Waals surface area contributed by atoms with Crippen molar-refractivity contribution in [1.29, 1.82) is 0 Å². The van der Waals surface area contributed by atoms with E-state index in [0.717, 1.165) is 50.0 Å². The normalized spacial score (nSPS) is 11.4. The molecule has 0 atom stereocenters. The molecular weight excluding hydrogens is 260 g/mol. The molecule has 1 aromatic carbocycles. The molecule has 19 heavy (non-hydrogen) atoms. The molecule has 5 heteroatoms. The number of anilines is 2. The zero-order valence-electron chi connectivity index (χ0n) is 11.6. The second-order valence-electron chi connectivity index (χ2n) is 4.95. The summed E-state index contributed by atoms with van der Waals surface area (Å²) in [6.07, 6.45) is 6.40. The van der Waals surface area contributed by atoms with Crippen LogP contribution < -0.4 is 11.1 Å². The fourth-order valence-electron chi connectivity index (χ4n) is 1.85. The van der Waals surface area contributed by atoms with Crippen LogP contribution in [0.2, 0.25) is 0 Å². The van der Waals surface area contributed by atoms with Gasteiger partial charge in [-0.2, -0.15) is 0 Å². The standard InChI is InChI=1S/C14H24N2O2S/c1-19(17,18)12-6-4-2-3-5-11-16-14-9-7-13(15)8-10-14/h7-10,16H,2-6,11-12,15H2,1H3. The lowest BCUT2D eigenvalue weighted by atomic mass is 10.1. The molecule has 0 amide bonds. The van der Waals surface area contributed by atoms with E-state index in [1.54, 1.807) is 0 Å². The molecule has 0 aliphatic carbocycles. The van der Waals surface area contributed by atoms with Crippen molar-refractivity contribution >= 4 is 21.2 Å². The van der Waals surface area contributed by atoms with Crippen LogP contribution in [0.25, 0.3) is 0 Å². The van der Waals surface area contributed by atoms with Crippen molar-refractivity contribution in [1.82, 2.24) is 0 Å². The molecule has 0 saturated carbocycles. The SMILES string of the molecule is CS(=O)(=O)CCCCCCCNc1ccc(N)cc1. The van der Waals surface area contributed by atoms with Crippen molar-refractivity contribution in [3.63, 3.8) is 0 Å². The lowest BCUT2D eigenvalue weighted by Gasteiger charge is -2.06. The number of nitrogens with two attached hydrogens (primary N) is 1. The quantitative estimate of drug-likeness (QED) is 0.540. The second-order valence-corrected chi connectivity index (χ2v) is 7.21. The number of nitrogens with one attached hydrogen (secondary N) is 1. The van der Waals surface area contributed by atoms with Crippen LogP contribution in [0.4, 0.5) is 11.4 Å². The zero-order valence-corrected chi connectivity index (χ0v) is 12.4. The summed E-state index contributed by atoms with van der Waals surface area (Å²) >= 11 is 0. The molecule has 1 aromatic rings. The summed E-state index contributed by atoms with van der Waals surface area (Å²) in [7, 11) is -2.78. The van der Waals surface area contributed by atoms with Crippen LogP contribution in [0.15, 0.2) is 24.3 Å². The topological polar surface area (TPSA) is 72.2 Å². The van der Waals surface area contributed by atoms with Gasteiger partial charge >= 0.3 is 0 Å². The van der Waals surface area contributed by atoms with Crippen molar-refractivity contribution < 1.29 is 8.42 Å². The van der Waals surface area contributed by atoms with Crippen molar-refractivity contribution in [3.8, 4) is 0 Å². The molecule has 108 valence electrons. The van der Waals surface area contributed by atoms with Gasteiger partial charge in [-0.3, -0.25) is 0 Å². The first-order chi connectivity index (χ1) is 8.97. The van der Waals surface area contributed by atoms with Crippen LogP contribution in [0.1, 0.15) is 32.1 Å². The van der Waals surface area contributed by atoms with Gasteiger partial charge in [0.25, 0.3) is 0 Å². The maximum Gasteiger partial charge on any atom is 0.147 e. The average molecular weight is 284 g/mol. The molecule has 4 nitrogen and oxygen atoms in total. The first-order valence-electron chi connectivity index (χ1n) is 6.74. The highest BCUT2D eigenvalue weighted by atomic mass is 32.2. The minimum atomic E-state index is -2.78. The van der Waals surface area contributed by atoms with Gasteiger partial charge in [0.2, 0.25) is 0 Å². The van der Waals surface area contributed by atoms with Crippen LogP contribution >= 0.6 is 0 Å². The van der Waals surface area contributed by atoms with Gasteiger partial charge in [0.15, 0.2) is 0 Å². The minimum absolute atomic E-state index is 0.316. The lowest BCUT2D eigenvalue weighted by Crippen LogP contribution is -2.03. The van der Waals surface area contributed by atoms with Crippen molar-refractivity contribution in [2.45, 2.75) is 32.1 Å². The number of benzene rings is 1. The summed E-state index contributed by atoms with van der Waals surface area (Å²) in [5.74, 6) is 0.316. The van der Waals surface area contributed by atoms with E-state index in [-0.39, 0.29) is 0 Å². The Morgan fingerprint density at radius 2 is 1.58 bits per heavy atom. The van der Waals surface area contributed by atoms with E-state index in [2.05, 4.69) is 5.32 Å². The predicted octanol–water partition coefficient (Wildman–Crippen LogP) is 2.68. The summed E-state index contributed by atoms with van der Waals surface area (Å²) in [6.45, 7) is 0.940. The highest BCUT2D eigenvalue weighted by Gasteiger charge is 2.00. The molecule has 0 spiro atoms. The van der Waals surface area contributed by atoms with Gasteiger partial charge in [0.05, 0.1) is 0 Å². The summed E-state index contributed by atoms with van der Waals surface area (Å²) in [4.78, 5) is 0. The Bertz CT molecular complexity index is 455. The highest BCUT2D eigenvalue weighted by Crippen LogP contribution is 2.11. The first-order valence-corrected chi connectivity index (χ1v) is 8.80. The molecule has 0 aliphatic rings. The third-order valence-electron chi connectivity index (χ3n) is 2.93. The van der Waals surface area contributed by atoms with Gasteiger partial charge in [-0.05, 0) is 37.1 Å². The number of unbranched alkanes of at least 4 members (excludes halogenated alkanes) is 4. The molecule has 0 aliphatic heterocycles. The molecule has 1 rings (SSSR count). The minimum Gasteiger partial charge on any atom is -0.399 e. The highest BCUT2D eigenvalue weighted by molar-refractivity contribution is 7.90. The predicted molar refractivity (Wildman–Crippen MR) is 82.1 cm³/mol. The monoisotopic (exact) mass is 284 g/mol. The number of rotatable bonds is 9. The number of nitrogen functional groups attached to an aromatic ring is 1. The Labute approximate surface area is 116 Å². The summed E-state index contributed by atoms with van der Waals surface area (Å²) in [5.41, 5.74) is 7.47. The van der Waals surface area contributed by atoms with Crippen LogP contribution in [-0.4, -0.2) is 27.0 Å². The Morgan fingerprint density at radius 3 is 2.21 bits per heavy atom. The molecule has 0 heterocycles. The van der Waals surface area contributed by atoms with Gasteiger partial charge < -0.3 is 11.1 Å². The van der Waals surface area contributed by atoms with Gasteiger partial charge in [0, 0.05) is 29.9 Å². The van der Waals surface area contributed by atoms with E-state index >= 15 is 0 Å². The van der Waals surface area contributed by atoms with Gasteiger partial charge in [0.1, 0.15) is 9.84 Å². The van der Waals surface area contributed by atoms with Gasteiger partial charge in [-0.1, -0.05) is 19.3 Å². The van der Waals surface area contributed by atoms with Crippen molar-refractivity contribution in [2.24, 2.45) is 0 Å². The fourth-order valence-corrected chi connectivity index (χ4v) is 2.58. The van der Waals surface area contributed by atoms with E-state index in [9.17, 15) is 8.42 Å². The van der Waals surface area contributed by atoms with Crippen LogP contribution in [0.5, 0.6) is 0 Å². The largest absolute Gasteiger partial charge is 0.399 e. The van der Waals surface area contributed by atoms with E-state index in [1.807, 2.05) is 24.3 Å². The molecule has 0 saturated heterocycles. The summed E-state index contributed by atoms with van der Waals surface area (Å²) in [6, 6.07) is 7.71. The molecule has 0 unspecified atom stereocenters. The molecular formula is C14H24N2O2S. The van der Waals surface area contributed by atoms with Crippen LogP contribution in [0, 0.1) is 0 Å². The molecule has 0 bridgehead atoms. The van der Waals surface area contributed by atoms with E-state index < -0.39 is 9.84 Å².